The van der Waals surface area contributed by atoms with Gasteiger partial charge in [0.15, 0.2) is 0 Å². The fourth-order valence-corrected chi connectivity index (χ4v) is 8.66. The lowest BCUT2D eigenvalue weighted by Gasteiger charge is -2.45. The fourth-order valence-electron chi connectivity index (χ4n) is 6.76. The Labute approximate surface area is 245 Å². The van der Waals surface area contributed by atoms with Gasteiger partial charge in [-0.1, -0.05) is 19.8 Å². The van der Waals surface area contributed by atoms with Gasteiger partial charge >= 0.3 is 0 Å². The summed E-state index contributed by atoms with van der Waals surface area (Å²) in [7, 11) is -1.29. The highest BCUT2D eigenvalue weighted by Gasteiger charge is 2.42. The van der Waals surface area contributed by atoms with Crippen LogP contribution in [0.25, 0.3) is 0 Å². The number of nitrogens with one attached hydrogen (secondary N) is 2. The van der Waals surface area contributed by atoms with E-state index in [1.165, 1.54) is 6.21 Å². The van der Waals surface area contributed by atoms with Crippen LogP contribution in [0.4, 0.5) is 4.39 Å². The molecule has 0 bridgehead atoms. The SMILES string of the molecule is CCCCCN1CC(F)C=NC1C(C(=O)NC1CNCCC1N1CCN(S(=O)(=O)C2CCN(C)CC2)CC1)C(N)N. The molecule has 0 aromatic carbocycles. The summed E-state index contributed by atoms with van der Waals surface area (Å²) in [5.74, 6) is -1.10. The molecular weight excluding hydrogens is 549 g/mol. The molecule has 0 aliphatic carbocycles. The Hall–Kier alpha value is -1.26. The van der Waals surface area contributed by atoms with Gasteiger partial charge in [-0.05, 0) is 52.4 Å². The zero-order chi connectivity index (χ0) is 29.6. The smallest absolute Gasteiger partial charge is 0.229 e. The minimum Gasteiger partial charge on any atom is -0.350 e. The Morgan fingerprint density at radius 3 is 2.49 bits per heavy atom. The molecule has 12 nitrogen and oxygen atoms in total. The van der Waals surface area contributed by atoms with Crippen molar-refractivity contribution in [3.05, 3.63) is 0 Å². The number of nitrogens with zero attached hydrogens (tertiary/aromatic N) is 5. The summed E-state index contributed by atoms with van der Waals surface area (Å²) in [5.41, 5.74) is 12.3. The molecule has 0 aromatic heterocycles. The zero-order valence-corrected chi connectivity index (χ0v) is 25.7. The largest absolute Gasteiger partial charge is 0.350 e. The van der Waals surface area contributed by atoms with Gasteiger partial charge < -0.3 is 27.0 Å². The topological polar surface area (TPSA) is 153 Å². The summed E-state index contributed by atoms with van der Waals surface area (Å²) >= 11 is 0. The van der Waals surface area contributed by atoms with Gasteiger partial charge in [-0.2, -0.15) is 4.31 Å². The van der Waals surface area contributed by atoms with Gasteiger partial charge in [0.2, 0.25) is 15.9 Å². The van der Waals surface area contributed by atoms with Crippen molar-refractivity contribution in [3.8, 4) is 0 Å². The van der Waals surface area contributed by atoms with Gasteiger partial charge in [-0.25, -0.2) is 12.8 Å². The van der Waals surface area contributed by atoms with Crippen LogP contribution in [0.2, 0.25) is 0 Å². The maximum absolute atomic E-state index is 14.2. The number of halogens is 1. The number of hydrogen-bond donors (Lipinski definition) is 4. The zero-order valence-electron chi connectivity index (χ0n) is 24.8. The molecule has 4 aliphatic rings. The molecular formula is C27H52FN9O3S. The third-order valence-corrected chi connectivity index (χ3v) is 11.6. The molecule has 4 heterocycles. The van der Waals surface area contributed by atoms with E-state index in [-0.39, 0.29) is 29.8 Å². The second-order valence-corrected chi connectivity index (χ2v) is 14.4. The fraction of sp³-hybridized carbons (Fsp3) is 0.926. The van der Waals surface area contributed by atoms with Crippen LogP contribution in [0, 0.1) is 5.92 Å². The molecule has 14 heteroatoms. The Balaban J connectivity index is 1.38. The molecule has 41 heavy (non-hydrogen) atoms. The average molecular weight is 602 g/mol. The third-order valence-electron chi connectivity index (χ3n) is 9.23. The number of sulfonamides is 1. The summed E-state index contributed by atoms with van der Waals surface area (Å²) in [6.07, 6.45) is 3.66. The van der Waals surface area contributed by atoms with Gasteiger partial charge in [-0.15, -0.1) is 0 Å². The van der Waals surface area contributed by atoms with Crippen molar-refractivity contribution >= 4 is 22.1 Å². The number of carbonyl (C=O) groups excluding carboxylic acids is 1. The maximum atomic E-state index is 14.2. The van der Waals surface area contributed by atoms with E-state index < -0.39 is 34.4 Å². The van der Waals surface area contributed by atoms with Gasteiger partial charge in [0.05, 0.1) is 17.5 Å². The first-order valence-electron chi connectivity index (χ1n) is 15.5. The van der Waals surface area contributed by atoms with Crippen LogP contribution in [-0.4, -0.2) is 148 Å². The Morgan fingerprint density at radius 2 is 1.83 bits per heavy atom. The standard InChI is InChI=1S/C27H52FN9O3S/c1-3-4-5-10-36-19-20(28)17-32-26(36)24(25(29)30)27(38)33-22-18-31-9-6-23(22)35-13-15-37(16-14-35)41(39,40)21-7-11-34(2)12-8-21/h17,20-26,31H,3-16,18-19,29-30H2,1-2H3,(H,33,38). The van der Waals surface area contributed by atoms with Crippen LogP contribution >= 0.6 is 0 Å². The lowest BCUT2D eigenvalue weighted by atomic mass is 9.94. The third kappa shape index (κ3) is 8.22. The van der Waals surface area contributed by atoms with E-state index in [0.717, 1.165) is 45.3 Å². The number of rotatable bonds is 11. The number of aliphatic imine (C=N–C) groups is 1. The van der Waals surface area contributed by atoms with Gasteiger partial charge in [0, 0.05) is 58.1 Å². The number of unbranched alkanes of at least 4 members (excludes halogenated alkanes) is 2. The quantitative estimate of drug-likeness (QED) is 0.172. The summed E-state index contributed by atoms with van der Waals surface area (Å²) in [6, 6.07) is -0.127. The number of alkyl halides is 1. The Bertz CT molecular complexity index is 971. The highest BCUT2D eigenvalue weighted by molar-refractivity contribution is 7.89. The molecule has 3 fully saturated rings. The van der Waals surface area contributed by atoms with Crippen LogP contribution in [0.3, 0.4) is 0 Å². The monoisotopic (exact) mass is 601 g/mol. The van der Waals surface area contributed by atoms with Crippen LogP contribution in [0.5, 0.6) is 0 Å². The van der Waals surface area contributed by atoms with Crippen LogP contribution in [0.15, 0.2) is 4.99 Å². The van der Waals surface area contributed by atoms with Gasteiger partial charge in [0.1, 0.15) is 18.3 Å². The van der Waals surface area contributed by atoms with E-state index in [4.69, 9.17) is 11.5 Å². The molecule has 5 atom stereocenters. The molecule has 6 N–H and O–H groups in total. The van der Waals surface area contributed by atoms with Crippen molar-refractivity contribution in [2.75, 3.05) is 72.5 Å². The van der Waals surface area contributed by atoms with E-state index in [1.54, 1.807) is 4.31 Å². The second-order valence-electron chi connectivity index (χ2n) is 12.2. The molecule has 1 amide bonds. The number of hydrogen-bond acceptors (Lipinski definition) is 10. The summed E-state index contributed by atoms with van der Waals surface area (Å²) in [4.78, 5) is 24.5. The molecule has 4 aliphatic heterocycles. The molecule has 0 spiro atoms. The van der Waals surface area contributed by atoms with Crippen molar-refractivity contribution in [1.82, 2.24) is 29.6 Å². The van der Waals surface area contributed by atoms with Gasteiger partial charge in [0.25, 0.3) is 0 Å². The molecule has 0 aromatic rings. The highest BCUT2D eigenvalue weighted by Crippen LogP contribution is 2.25. The number of likely N-dealkylation sites (tertiary alicyclic amines) is 1. The van der Waals surface area contributed by atoms with E-state index in [2.05, 4.69) is 32.3 Å². The molecule has 236 valence electrons. The van der Waals surface area contributed by atoms with Crippen molar-refractivity contribution in [2.24, 2.45) is 22.4 Å². The molecule has 5 unspecified atom stereocenters. The predicted molar refractivity (Wildman–Crippen MR) is 160 cm³/mol. The molecule has 0 saturated carbocycles. The summed E-state index contributed by atoms with van der Waals surface area (Å²) in [5, 5.41) is 6.29. The van der Waals surface area contributed by atoms with Crippen LogP contribution < -0.4 is 22.1 Å². The number of piperazine rings is 1. The maximum Gasteiger partial charge on any atom is 0.229 e. The summed E-state index contributed by atoms with van der Waals surface area (Å²) < 4.78 is 42.5. The van der Waals surface area contributed by atoms with Crippen molar-refractivity contribution in [2.45, 2.75) is 81.3 Å². The lowest BCUT2D eigenvalue weighted by molar-refractivity contribution is -0.129. The van der Waals surface area contributed by atoms with E-state index >= 15 is 0 Å². The lowest BCUT2D eigenvalue weighted by Crippen LogP contribution is -2.66. The van der Waals surface area contributed by atoms with Crippen LogP contribution in [-0.2, 0) is 14.8 Å². The minimum absolute atomic E-state index is 0.0637. The normalized spacial score (nSPS) is 31.0. The number of carbonyl (C=O) groups is 1. The number of piperidine rings is 2. The molecule has 0 radical (unpaired) electrons. The Morgan fingerprint density at radius 1 is 1.12 bits per heavy atom. The first-order valence-corrected chi connectivity index (χ1v) is 17.0. The number of amides is 1. The molecule has 3 saturated heterocycles. The predicted octanol–water partition coefficient (Wildman–Crippen LogP) is -1.02. The van der Waals surface area contributed by atoms with Crippen molar-refractivity contribution in [3.63, 3.8) is 0 Å². The number of nitrogens with two attached hydrogens (primary N) is 2. The second kappa shape index (κ2) is 15.0. The minimum atomic E-state index is -3.32. The van der Waals surface area contributed by atoms with Gasteiger partial charge in [-0.3, -0.25) is 19.6 Å². The van der Waals surface area contributed by atoms with E-state index in [1.807, 2.05) is 11.9 Å². The average Bonchev–Trinajstić information content (AvgIpc) is 2.95. The van der Waals surface area contributed by atoms with Crippen LogP contribution in [0.1, 0.15) is 45.4 Å². The van der Waals surface area contributed by atoms with Crippen molar-refractivity contribution in [1.29, 1.82) is 0 Å². The molecule has 4 rings (SSSR count). The van der Waals surface area contributed by atoms with E-state index in [0.29, 0.717) is 52.1 Å². The Kier molecular flexibility index (Phi) is 11.9. The highest BCUT2D eigenvalue weighted by atomic mass is 32.2. The summed E-state index contributed by atoms with van der Waals surface area (Å²) in [6.45, 7) is 8.12. The van der Waals surface area contributed by atoms with Crippen molar-refractivity contribution < 1.29 is 17.6 Å². The first-order chi connectivity index (χ1) is 19.6. The van der Waals surface area contributed by atoms with E-state index in [9.17, 15) is 17.6 Å². The first kappa shape index (κ1) is 32.6.